The van der Waals surface area contributed by atoms with E-state index >= 15 is 0 Å². The van der Waals surface area contributed by atoms with Gasteiger partial charge in [0.15, 0.2) is 0 Å². The van der Waals surface area contributed by atoms with Crippen LogP contribution in [0.5, 0.6) is 5.75 Å². The van der Waals surface area contributed by atoms with E-state index in [2.05, 4.69) is 30.7 Å². The van der Waals surface area contributed by atoms with E-state index in [9.17, 15) is 14.7 Å². The maximum absolute atomic E-state index is 12.7. The molecule has 9 heteroatoms. The van der Waals surface area contributed by atoms with Crippen molar-refractivity contribution in [3.8, 4) is 5.75 Å². The summed E-state index contributed by atoms with van der Waals surface area (Å²) < 4.78 is 14.0. The second-order valence-electron chi connectivity index (χ2n) is 14.2. The normalized spacial score (nSPS) is 13.0. The van der Waals surface area contributed by atoms with E-state index in [1.54, 1.807) is 25.6 Å². The molecule has 246 valence electrons. The lowest BCUT2D eigenvalue weighted by Gasteiger charge is -2.24. The summed E-state index contributed by atoms with van der Waals surface area (Å²) in [6.45, 7) is 16.2. The first-order chi connectivity index (χ1) is 21.4. The van der Waals surface area contributed by atoms with Crippen molar-refractivity contribution in [1.82, 2.24) is 9.88 Å². The van der Waals surface area contributed by atoms with Crippen molar-refractivity contribution in [3.63, 3.8) is 0 Å². The summed E-state index contributed by atoms with van der Waals surface area (Å²) in [6.07, 6.45) is -0.177. The highest BCUT2D eigenvalue weighted by Gasteiger charge is 2.33. The molecule has 4 aromatic rings. The second-order valence-corrected chi connectivity index (χ2v) is 16.4. The molecule has 0 spiro atoms. The van der Waals surface area contributed by atoms with Crippen LogP contribution in [0.15, 0.2) is 77.7 Å². The number of carboxylic acid groups (broad SMARTS) is 1. The van der Waals surface area contributed by atoms with Gasteiger partial charge in [0, 0.05) is 44.2 Å². The zero-order valence-electron chi connectivity index (χ0n) is 27.9. The van der Waals surface area contributed by atoms with E-state index in [4.69, 9.17) is 21.1 Å². The number of carbonyl (C=O) groups excluding carboxylic acids is 1. The first-order valence-corrected chi connectivity index (χ1v) is 16.6. The van der Waals surface area contributed by atoms with Gasteiger partial charge in [-0.25, -0.2) is 4.79 Å². The van der Waals surface area contributed by atoms with Crippen molar-refractivity contribution in [3.05, 3.63) is 94.6 Å². The second kappa shape index (κ2) is 14.0. The third kappa shape index (κ3) is 9.46. The lowest BCUT2D eigenvalue weighted by Crippen LogP contribution is -2.37. The highest BCUT2D eigenvalue weighted by molar-refractivity contribution is 8.00. The van der Waals surface area contributed by atoms with Gasteiger partial charge in [-0.05, 0) is 76.1 Å². The van der Waals surface area contributed by atoms with Gasteiger partial charge in [-0.3, -0.25) is 4.79 Å². The minimum atomic E-state index is -0.991. The smallest absolute Gasteiger partial charge is 0.408 e. The molecule has 0 bridgehead atoms. The average molecular weight is 665 g/mol. The van der Waals surface area contributed by atoms with Gasteiger partial charge < -0.3 is 24.5 Å². The van der Waals surface area contributed by atoms with Crippen LogP contribution >= 0.6 is 23.4 Å². The lowest BCUT2D eigenvalue weighted by atomic mass is 9.88. The van der Waals surface area contributed by atoms with Crippen LogP contribution in [-0.2, 0) is 22.5 Å². The Morgan fingerprint density at radius 2 is 1.59 bits per heavy atom. The number of halogens is 1. The molecule has 0 radical (unpaired) electrons. The molecule has 2 N–H and O–H groups in total. The summed E-state index contributed by atoms with van der Waals surface area (Å²) in [5.41, 5.74) is 2.27. The number of carbonyl (C=O) groups is 2. The number of amides is 1. The lowest BCUT2D eigenvalue weighted by molar-refractivity contribution is -0.146. The number of nitrogens with one attached hydrogen (secondary N) is 1. The number of aromatic nitrogens is 1. The Labute approximate surface area is 281 Å². The van der Waals surface area contributed by atoms with Crippen LogP contribution in [0.1, 0.15) is 78.3 Å². The summed E-state index contributed by atoms with van der Waals surface area (Å²) in [6, 6.07) is 22.9. The zero-order valence-corrected chi connectivity index (χ0v) is 29.5. The molecule has 0 aliphatic carbocycles. The Bertz CT molecular complexity index is 1670. The van der Waals surface area contributed by atoms with E-state index in [1.807, 2.05) is 93.6 Å². The molecule has 0 unspecified atom stereocenters. The van der Waals surface area contributed by atoms with E-state index in [0.717, 1.165) is 32.6 Å². The zero-order chi connectivity index (χ0) is 33.9. The predicted molar refractivity (Wildman–Crippen MR) is 187 cm³/mol. The molecule has 1 amide bonds. The van der Waals surface area contributed by atoms with E-state index < -0.39 is 29.1 Å². The number of nitrogens with zero attached hydrogens (tertiary/aromatic N) is 1. The first-order valence-electron chi connectivity index (χ1n) is 15.4. The van der Waals surface area contributed by atoms with Crippen molar-refractivity contribution in [1.29, 1.82) is 0 Å². The van der Waals surface area contributed by atoms with Gasteiger partial charge in [0.2, 0.25) is 0 Å². The Hall–Kier alpha value is -3.62. The third-order valence-corrected chi connectivity index (χ3v) is 8.78. The fourth-order valence-electron chi connectivity index (χ4n) is 5.02. The largest absolute Gasteiger partial charge is 0.491 e. The van der Waals surface area contributed by atoms with Gasteiger partial charge in [0.25, 0.3) is 0 Å². The molecule has 1 heterocycles. The molecular formula is C37H45ClN2O5S. The third-order valence-electron chi connectivity index (χ3n) is 7.25. The maximum atomic E-state index is 12.7. The van der Waals surface area contributed by atoms with E-state index in [-0.39, 0.29) is 11.4 Å². The molecule has 0 aliphatic rings. The van der Waals surface area contributed by atoms with Gasteiger partial charge in [0.1, 0.15) is 18.0 Å². The number of benzene rings is 3. The van der Waals surface area contributed by atoms with Crippen molar-refractivity contribution in [2.24, 2.45) is 5.41 Å². The summed E-state index contributed by atoms with van der Waals surface area (Å²) in [5, 5.41) is 14.7. The number of alkyl carbamates (subject to hydrolysis) is 1. The van der Waals surface area contributed by atoms with Crippen molar-refractivity contribution in [2.75, 3.05) is 6.61 Å². The maximum Gasteiger partial charge on any atom is 0.408 e. The molecular weight excluding hydrogens is 620 g/mol. The van der Waals surface area contributed by atoms with Gasteiger partial charge in [-0.15, -0.1) is 11.8 Å². The Kier molecular flexibility index (Phi) is 10.7. The Morgan fingerprint density at radius 1 is 0.935 bits per heavy atom. The van der Waals surface area contributed by atoms with Crippen molar-refractivity contribution < 1.29 is 24.2 Å². The molecule has 1 aromatic heterocycles. The minimum Gasteiger partial charge on any atom is -0.491 e. The molecule has 0 fully saturated rings. The van der Waals surface area contributed by atoms with Crippen LogP contribution in [0.3, 0.4) is 0 Å². The predicted octanol–water partition coefficient (Wildman–Crippen LogP) is 9.53. The van der Waals surface area contributed by atoms with Crippen LogP contribution in [0, 0.1) is 5.41 Å². The number of ether oxygens (including phenoxy) is 2. The summed E-state index contributed by atoms with van der Waals surface area (Å²) in [5.74, 6) is -0.209. The minimum absolute atomic E-state index is 0.145. The SMILES string of the molecule is CC(C)(C)OC(=O)N[C@H](COc1ccc2c(c1)c(SC(C)(C)C)c(CC(C)(C)C(=O)O)n2Cc1ccc(Cl)cc1)c1ccccc1. The Balaban J connectivity index is 1.77. The van der Waals surface area contributed by atoms with Crippen molar-refractivity contribution in [2.45, 2.75) is 89.6 Å². The fraction of sp³-hybridized carbons (Fsp3) is 0.405. The van der Waals surface area contributed by atoms with Gasteiger partial charge >= 0.3 is 12.1 Å². The van der Waals surface area contributed by atoms with Crippen LogP contribution in [0.4, 0.5) is 4.79 Å². The number of aliphatic carboxylic acids is 1. The molecule has 3 aromatic carbocycles. The van der Waals surface area contributed by atoms with Crippen molar-refractivity contribution >= 4 is 46.3 Å². The number of carboxylic acids is 1. The molecule has 0 aliphatic heterocycles. The van der Waals surface area contributed by atoms with E-state index in [0.29, 0.717) is 23.7 Å². The molecule has 0 saturated carbocycles. The molecule has 1 atom stereocenters. The van der Waals surface area contributed by atoms with Gasteiger partial charge in [-0.1, -0.05) is 74.8 Å². The fourth-order valence-corrected chi connectivity index (χ4v) is 6.34. The first kappa shape index (κ1) is 35.2. The van der Waals surface area contributed by atoms with Gasteiger partial charge in [-0.2, -0.15) is 0 Å². The van der Waals surface area contributed by atoms with E-state index in [1.165, 1.54) is 0 Å². The van der Waals surface area contributed by atoms with Crippen LogP contribution in [0.2, 0.25) is 5.02 Å². The highest BCUT2D eigenvalue weighted by atomic mass is 35.5. The standard InChI is InChI=1S/C37H45ClN2O5S/c1-35(2,3)45-34(43)39-29(25-12-10-9-11-13-25)23-44-27-18-19-30-28(20-27)32(46-36(4,5)6)31(21-37(7,8)33(41)42)40(30)22-24-14-16-26(38)17-15-24/h9-20,29H,21-23H2,1-8H3,(H,39,43)(H,41,42)/t29-/m1/s1. The monoisotopic (exact) mass is 664 g/mol. The van der Waals surface area contributed by atoms with Crippen LogP contribution < -0.4 is 10.1 Å². The Morgan fingerprint density at radius 3 is 2.17 bits per heavy atom. The molecule has 0 saturated heterocycles. The number of thioether (sulfide) groups is 1. The molecule has 4 rings (SSSR count). The average Bonchev–Trinajstić information content (AvgIpc) is 3.21. The number of rotatable bonds is 11. The number of fused-ring (bicyclic) bond motifs is 1. The highest BCUT2D eigenvalue weighted by Crippen LogP contribution is 2.44. The summed E-state index contributed by atoms with van der Waals surface area (Å²) >= 11 is 7.91. The van der Waals surface area contributed by atoms with Crippen LogP contribution in [0.25, 0.3) is 10.9 Å². The summed E-state index contributed by atoms with van der Waals surface area (Å²) in [4.78, 5) is 26.1. The van der Waals surface area contributed by atoms with Crippen LogP contribution in [-0.4, -0.2) is 38.7 Å². The molecule has 7 nitrogen and oxygen atoms in total. The number of hydrogen-bond acceptors (Lipinski definition) is 5. The topological polar surface area (TPSA) is 89.8 Å². The quantitative estimate of drug-likeness (QED) is 0.155. The molecule has 46 heavy (non-hydrogen) atoms. The number of hydrogen-bond donors (Lipinski definition) is 2. The van der Waals surface area contributed by atoms with Gasteiger partial charge in [0.05, 0.1) is 11.5 Å². The summed E-state index contributed by atoms with van der Waals surface area (Å²) in [7, 11) is 0.